The van der Waals surface area contributed by atoms with Gasteiger partial charge >= 0.3 is 0 Å². The SMILES string of the molecule is OC1C=CCOC12CCCCO2. The number of aliphatic hydroxyl groups is 1. The molecule has 1 spiro atoms. The summed E-state index contributed by atoms with van der Waals surface area (Å²) in [5.41, 5.74) is 0. The monoisotopic (exact) mass is 170 g/mol. The zero-order valence-corrected chi connectivity index (χ0v) is 7.03. The highest BCUT2D eigenvalue weighted by atomic mass is 16.7. The molecular formula is C9H14O3. The maximum atomic E-state index is 9.65. The zero-order valence-electron chi connectivity index (χ0n) is 7.03. The topological polar surface area (TPSA) is 38.7 Å². The van der Waals surface area contributed by atoms with Crippen LogP contribution in [0.25, 0.3) is 0 Å². The van der Waals surface area contributed by atoms with Gasteiger partial charge in [-0.3, -0.25) is 0 Å². The van der Waals surface area contributed by atoms with Crippen LogP contribution in [0.2, 0.25) is 0 Å². The van der Waals surface area contributed by atoms with E-state index in [2.05, 4.69) is 0 Å². The molecule has 2 aliphatic rings. The van der Waals surface area contributed by atoms with Crippen molar-refractivity contribution in [2.45, 2.75) is 31.2 Å². The summed E-state index contributed by atoms with van der Waals surface area (Å²) in [5.74, 6) is -0.715. The van der Waals surface area contributed by atoms with Gasteiger partial charge in [0.25, 0.3) is 0 Å². The molecule has 2 atom stereocenters. The van der Waals surface area contributed by atoms with Crippen molar-refractivity contribution in [3.8, 4) is 0 Å². The minimum atomic E-state index is -0.715. The lowest BCUT2D eigenvalue weighted by molar-refractivity contribution is -0.289. The summed E-state index contributed by atoms with van der Waals surface area (Å²) in [5, 5.41) is 9.65. The first kappa shape index (κ1) is 8.23. The van der Waals surface area contributed by atoms with Crippen molar-refractivity contribution in [3.63, 3.8) is 0 Å². The Hall–Kier alpha value is -0.380. The molecule has 3 nitrogen and oxygen atoms in total. The average molecular weight is 170 g/mol. The third kappa shape index (κ3) is 1.28. The highest BCUT2D eigenvalue weighted by molar-refractivity contribution is 5.02. The Balaban J connectivity index is 2.11. The van der Waals surface area contributed by atoms with E-state index < -0.39 is 11.9 Å². The van der Waals surface area contributed by atoms with E-state index in [9.17, 15) is 5.11 Å². The van der Waals surface area contributed by atoms with Gasteiger partial charge in [0.15, 0.2) is 5.79 Å². The normalized spacial score (nSPS) is 41.9. The molecule has 0 aliphatic carbocycles. The van der Waals surface area contributed by atoms with E-state index in [1.165, 1.54) is 0 Å². The highest BCUT2D eigenvalue weighted by Gasteiger charge is 2.41. The van der Waals surface area contributed by atoms with Gasteiger partial charge < -0.3 is 14.6 Å². The van der Waals surface area contributed by atoms with Gasteiger partial charge in [-0.1, -0.05) is 12.2 Å². The fourth-order valence-electron chi connectivity index (χ4n) is 1.74. The van der Waals surface area contributed by atoms with Gasteiger partial charge in [-0.05, 0) is 12.8 Å². The van der Waals surface area contributed by atoms with Gasteiger partial charge in [0.1, 0.15) is 6.10 Å². The predicted octanol–water partition coefficient (Wildman–Crippen LogP) is 0.831. The molecule has 1 fully saturated rings. The van der Waals surface area contributed by atoms with Crippen molar-refractivity contribution in [2.24, 2.45) is 0 Å². The van der Waals surface area contributed by atoms with Crippen molar-refractivity contribution in [1.29, 1.82) is 0 Å². The Kier molecular flexibility index (Phi) is 2.17. The molecule has 1 N–H and O–H groups in total. The molecule has 1 saturated heterocycles. The molecule has 68 valence electrons. The standard InChI is InChI=1S/C9H14O3/c10-8-4-3-7-12-9(8)5-1-2-6-11-9/h3-4,8,10H,1-2,5-7H2. The van der Waals surface area contributed by atoms with E-state index in [-0.39, 0.29) is 0 Å². The Labute approximate surface area is 72.0 Å². The molecule has 0 saturated carbocycles. The van der Waals surface area contributed by atoms with Gasteiger partial charge in [0.05, 0.1) is 13.2 Å². The van der Waals surface area contributed by atoms with Gasteiger partial charge in [-0.25, -0.2) is 0 Å². The van der Waals surface area contributed by atoms with Crippen LogP contribution in [0.1, 0.15) is 19.3 Å². The summed E-state index contributed by atoms with van der Waals surface area (Å²) in [4.78, 5) is 0. The van der Waals surface area contributed by atoms with Crippen molar-refractivity contribution < 1.29 is 14.6 Å². The Morgan fingerprint density at radius 3 is 2.92 bits per heavy atom. The molecule has 0 bridgehead atoms. The molecular weight excluding hydrogens is 156 g/mol. The first-order valence-corrected chi connectivity index (χ1v) is 4.46. The quantitative estimate of drug-likeness (QED) is 0.547. The van der Waals surface area contributed by atoms with Crippen LogP contribution >= 0.6 is 0 Å². The number of ether oxygens (including phenoxy) is 2. The molecule has 0 radical (unpaired) electrons. The number of hydrogen-bond donors (Lipinski definition) is 1. The predicted molar refractivity (Wildman–Crippen MR) is 43.6 cm³/mol. The van der Waals surface area contributed by atoms with Crippen molar-refractivity contribution >= 4 is 0 Å². The number of hydrogen-bond acceptors (Lipinski definition) is 3. The lowest BCUT2D eigenvalue weighted by atomic mass is 9.98. The minimum absolute atomic E-state index is 0.553. The van der Waals surface area contributed by atoms with E-state index in [0.717, 1.165) is 19.3 Å². The third-order valence-electron chi connectivity index (χ3n) is 2.46. The lowest BCUT2D eigenvalue weighted by Crippen LogP contribution is -2.50. The van der Waals surface area contributed by atoms with E-state index >= 15 is 0 Å². The number of rotatable bonds is 0. The maximum Gasteiger partial charge on any atom is 0.198 e. The van der Waals surface area contributed by atoms with Crippen molar-refractivity contribution in [1.82, 2.24) is 0 Å². The highest BCUT2D eigenvalue weighted by Crippen LogP contribution is 2.32. The van der Waals surface area contributed by atoms with Gasteiger partial charge in [0, 0.05) is 6.42 Å². The second-order valence-electron chi connectivity index (χ2n) is 3.30. The lowest BCUT2D eigenvalue weighted by Gasteiger charge is -2.40. The van der Waals surface area contributed by atoms with Crippen LogP contribution in [0.5, 0.6) is 0 Å². The van der Waals surface area contributed by atoms with Gasteiger partial charge in [-0.2, -0.15) is 0 Å². The summed E-state index contributed by atoms with van der Waals surface area (Å²) < 4.78 is 11.0. The van der Waals surface area contributed by atoms with E-state index in [1.54, 1.807) is 6.08 Å². The molecule has 3 heteroatoms. The van der Waals surface area contributed by atoms with Crippen molar-refractivity contribution in [3.05, 3.63) is 12.2 Å². The molecule has 2 rings (SSSR count). The van der Waals surface area contributed by atoms with Crippen LogP contribution in [-0.4, -0.2) is 30.2 Å². The Bertz CT molecular complexity index is 182. The molecule has 0 aromatic carbocycles. The van der Waals surface area contributed by atoms with Crippen LogP contribution in [0.15, 0.2) is 12.2 Å². The van der Waals surface area contributed by atoms with E-state index in [1.807, 2.05) is 6.08 Å². The molecule has 2 heterocycles. The van der Waals surface area contributed by atoms with Gasteiger partial charge in [0.2, 0.25) is 0 Å². The second-order valence-corrected chi connectivity index (χ2v) is 3.30. The van der Waals surface area contributed by atoms with Crippen LogP contribution in [0.3, 0.4) is 0 Å². The van der Waals surface area contributed by atoms with Crippen molar-refractivity contribution in [2.75, 3.05) is 13.2 Å². The maximum absolute atomic E-state index is 9.65. The zero-order chi connectivity index (χ0) is 8.44. The molecule has 2 unspecified atom stereocenters. The summed E-state index contributed by atoms with van der Waals surface area (Å²) in [6, 6.07) is 0. The molecule has 0 amide bonds. The van der Waals surface area contributed by atoms with E-state index in [4.69, 9.17) is 9.47 Å². The van der Waals surface area contributed by atoms with Crippen LogP contribution < -0.4 is 0 Å². The molecule has 0 aromatic heterocycles. The Morgan fingerprint density at radius 2 is 2.25 bits per heavy atom. The first-order chi connectivity index (χ1) is 5.83. The smallest absolute Gasteiger partial charge is 0.198 e. The average Bonchev–Trinajstić information content (AvgIpc) is 2.12. The fourth-order valence-corrected chi connectivity index (χ4v) is 1.74. The third-order valence-corrected chi connectivity index (χ3v) is 2.46. The summed E-state index contributed by atoms with van der Waals surface area (Å²) in [6.45, 7) is 1.25. The van der Waals surface area contributed by atoms with Crippen LogP contribution in [-0.2, 0) is 9.47 Å². The van der Waals surface area contributed by atoms with Crippen LogP contribution in [0.4, 0.5) is 0 Å². The molecule has 2 aliphatic heterocycles. The van der Waals surface area contributed by atoms with Gasteiger partial charge in [-0.15, -0.1) is 0 Å². The second kappa shape index (κ2) is 3.17. The summed E-state index contributed by atoms with van der Waals surface area (Å²) in [7, 11) is 0. The summed E-state index contributed by atoms with van der Waals surface area (Å²) in [6.07, 6.45) is 5.94. The fraction of sp³-hybridized carbons (Fsp3) is 0.778. The largest absolute Gasteiger partial charge is 0.383 e. The minimum Gasteiger partial charge on any atom is -0.383 e. The van der Waals surface area contributed by atoms with E-state index in [0.29, 0.717) is 13.2 Å². The number of aliphatic hydroxyl groups excluding tert-OH is 1. The Morgan fingerprint density at radius 1 is 1.33 bits per heavy atom. The first-order valence-electron chi connectivity index (χ1n) is 4.46. The summed E-state index contributed by atoms with van der Waals surface area (Å²) >= 11 is 0. The molecule has 12 heavy (non-hydrogen) atoms. The van der Waals surface area contributed by atoms with Crippen LogP contribution in [0, 0.1) is 0 Å². The molecule has 0 aromatic rings.